The van der Waals surface area contributed by atoms with Gasteiger partial charge in [-0.1, -0.05) is 37.7 Å². The largest absolute Gasteiger partial charge is 0.596 e. The maximum Gasteiger partial charge on any atom is 0.309 e. The first-order chi connectivity index (χ1) is 5.70. The van der Waals surface area contributed by atoms with E-state index in [0.29, 0.717) is 12.1 Å². The van der Waals surface area contributed by atoms with Gasteiger partial charge in [-0.15, -0.1) is 0 Å². The minimum absolute atomic E-state index is 0.384. The molecule has 0 bridgehead atoms. The molecule has 2 nitrogen and oxygen atoms in total. The van der Waals surface area contributed by atoms with Crippen LogP contribution in [0.25, 0.3) is 0 Å². The van der Waals surface area contributed by atoms with Crippen LogP contribution in [0.3, 0.4) is 0 Å². The van der Waals surface area contributed by atoms with Gasteiger partial charge in [0.1, 0.15) is 6.16 Å². The Morgan fingerprint density at radius 2 is 2.00 bits per heavy atom. The summed E-state index contributed by atoms with van der Waals surface area (Å²) in [6, 6.07) is 0. The van der Waals surface area contributed by atoms with Crippen LogP contribution >= 0.6 is 8.03 Å². The summed E-state index contributed by atoms with van der Waals surface area (Å²) in [5, 5.41) is 0. The second-order valence-electron chi connectivity index (χ2n) is 3.29. The van der Waals surface area contributed by atoms with Crippen molar-refractivity contribution in [3.8, 4) is 0 Å². The third-order valence-electron chi connectivity index (χ3n) is 2.20. The molecule has 2 atom stereocenters. The molecule has 3 heteroatoms. The van der Waals surface area contributed by atoms with Gasteiger partial charge in [0.05, 0.1) is 0 Å². The van der Waals surface area contributed by atoms with Crippen LogP contribution in [0.1, 0.15) is 46.0 Å². The van der Waals surface area contributed by atoms with Crippen molar-refractivity contribution in [3.05, 3.63) is 0 Å². The molecule has 0 aromatic carbocycles. The summed E-state index contributed by atoms with van der Waals surface area (Å²) in [4.78, 5) is 10.4. The fourth-order valence-electron chi connectivity index (χ4n) is 1.32. The molecule has 2 unspecified atom stereocenters. The van der Waals surface area contributed by atoms with E-state index in [-0.39, 0.29) is 0 Å². The van der Waals surface area contributed by atoms with Crippen molar-refractivity contribution in [3.63, 3.8) is 0 Å². The first-order valence-corrected chi connectivity index (χ1v) is 6.18. The van der Waals surface area contributed by atoms with Gasteiger partial charge in [0.25, 0.3) is 0 Å². The molecule has 0 fully saturated rings. The molecule has 72 valence electrons. The van der Waals surface area contributed by atoms with Gasteiger partial charge in [0.15, 0.2) is 0 Å². The molecule has 0 aliphatic heterocycles. The molecule has 0 heterocycles. The fraction of sp³-hybridized carbons (Fsp3) is 1.00. The molecule has 0 N–H and O–H groups in total. The number of hydrogen-bond donors (Lipinski definition) is 0. The van der Waals surface area contributed by atoms with E-state index in [0.717, 1.165) is 12.8 Å². The van der Waals surface area contributed by atoms with Gasteiger partial charge in [0.2, 0.25) is 0 Å². The standard InChI is InChI=1S/C9H19O2P/c1-3-5-6-7-9(4-2)8-12(10)11/h9H,3-8H2,1-2H3. The van der Waals surface area contributed by atoms with E-state index in [1.165, 1.54) is 19.3 Å². The molecule has 0 spiro atoms. The van der Waals surface area contributed by atoms with Crippen molar-refractivity contribution in [1.29, 1.82) is 0 Å². The normalized spacial score (nSPS) is 14.4. The van der Waals surface area contributed by atoms with Crippen LogP contribution in [0.5, 0.6) is 0 Å². The molecule has 0 saturated heterocycles. The Balaban J connectivity index is 3.46. The minimum atomic E-state index is -2.17. The van der Waals surface area contributed by atoms with Gasteiger partial charge in [-0.05, 0) is 12.8 Å². The van der Waals surface area contributed by atoms with Crippen molar-refractivity contribution >= 4 is 8.03 Å². The topological polar surface area (TPSA) is 40.1 Å². The summed E-state index contributed by atoms with van der Waals surface area (Å²) < 4.78 is 10.4. The molecule has 0 amide bonds. The second-order valence-corrected chi connectivity index (χ2v) is 4.32. The molecular formula is C9H19O2P. The Kier molecular flexibility index (Phi) is 7.73. The Bertz CT molecular complexity index is 126. The van der Waals surface area contributed by atoms with E-state index in [1.54, 1.807) is 0 Å². The smallest absolute Gasteiger partial charge is 0.309 e. The van der Waals surface area contributed by atoms with Gasteiger partial charge in [-0.25, -0.2) is 0 Å². The van der Waals surface area contributed by atoms with E-state index in [4.69, 9.17) is 0 Å². The van der Waals surface area contributed by atoms with Crippen LogP contribution in [0.4, 0.5) is 0 Å². The average Bonchev–Trinajstić information content (AvgIpc) is 2.02. The molecular weight excluding hydrogens is 171 g/mol. The van der Waals surface area contributed by atoms with Crippen molar-refractivity contribution < 1.29 is 9.46 Å². The Labute approximate surface area is 76.2 Å². The summed E-state index contributed by atoms with van der Waals surface area (Å²) in [6.45, 7) is 4.23. The fourth-order valence-corrected chi connectivity index (χ4v) is 2.18. The molecule has 0 aliphatic carbocycles. The van der Waals surface area contributed by atoms with Crippen LogP contribution in [0.2, 0.25) is 0 Å². The molecule has 12 heavy (non-hydrogen) atoms. The maximum absolute atomic E-state index is 10.4. The van der Waals surface area contributed by atoms with Gasteiger partial charge >= 0.3 is 8.03 Å². The SMILES string of the molecule is CCCCCC(CC)C[P+](=O)[O-]. The van der Waals surface area contributed by atoms with E-state index < -0.39 is 8.03 Å². The lowest BCUT2D eigenvalue weighted by Crippen LogP contribution is -2.05. The highest BCUT2D eigenvalue weighted by molar-refractivity contribution is 7.36. The summed E-state index contributed by atoms with van der Waals surface area (Å²) in [6.07, 6.45) is 6.07. The van der Waals surface area contributed by atoms with Gasteiger partial charge in [0, 0.05) is 5.92 Å². The van der Waals surface area contributed by atoms with Gasteiger partial charge in [-0.3, -0.25) is 0 Å². The first kappa shape index (κ1) is 12.1. The highest BCUT2D eigenvalue weighted by atomic mass is 31.1. The molecule has 0 aromatic heterocycles. The number of unbranched alkanes of at least 4 members (excludes halogenated alkanes) is 2. The zero-order chi connectivity index (χ0) is 9.40. The maximum atomic E-state index is 10.4. The monoisotopic (exact) mass is 190 g/mol. The van der Waals surface area contributed by atoms with Crippen molar-refractivity contribution in [1.82, 2.24) is 0 Å². The Morgan fingerprint density at radius 1 is 1.33 bits per heavy atom. The van der Waals surface area contributed by atoms with E-state index in [2.05, 4.69) is 13.8 Å². The summed E-state index contributed by atoms with van der Waals surface area (Å²) in [7, 11) is -2.17. The Hall–Kier alpha value is 0.0600. The second kappa shape index (κ2) is 7.70. The molecule has 0 aliphatic rings. The number of rotatable bonds is 7. The lowest BCUT2D eigenvalue weighted by atomic mass is 10.0. The molecule has 0 rings (SSSR count). The Morgan fingerprint density at radius 3 is 2.42 bits per heavy atom. The summed E-state index contributed by atoms with van der Waals surface area (Å²) in [5.74, 6) is 0.401. The predicted octanol–water partition coefficient (Wildman–Crippen LogP) is 2.70. The third kappa shape index (κ3) is 6.75. The van der Waals surface area contributed by atoms with Crippen LogP contribution in [-0.2, 0) is 4.57 Å². The van der Waals surface area contributed by atoms with Gasteiger partial charge in [-0.2, -0.15) is 0 Å². The van der Waals surface area contributed by atoms with Crippen LogP contribution < -0.4 is 4.89 Å². The van der Waals surface area contributed by atoms with E-state index in [1.807, 2.05) is 0 Å². The lowest BCUT2D eigenvalue weighted by molar-refractivity contribution is -0.164. The average molecular weight is 190 g/mol. The van der Waals surface area contributed by atoms with Crippen molar-refractivity contribution in [2.75, 3.05) is 6.16 Å². The van der Waals surface area contributed by atoms with Crippen molar-refractivity contribution in [2.45, 2.75) is 46.0 Å². The molecule has 0 radical (unpaired) electrons. The summed E-state index contributed by atoms with van der Waals surface area (Å²) in [5.41, 5.74) is 0. The lowest BCUT2D eigenvalue weighted by Gasteiger charge is -2.08. The first-order valence-electron chi connectivity index (χ1n) is 4.82. The zero-order valence-corrected chi connectivity index (χ0v) is 8.98. The van der Waals surface area contributed by atoms with Gasteiger partial charge < -0.3 is 4.89 Å². The van der Waals surface area contributed by atoms with Crippen molar-refractivity contribution in [2.24, 2.45) is 5.92 Å². The number of hydrogen-bond acceptors (Lipinski definition) is 2. The van der Waals surface area contributed by atoms with E-state index >= 15 is 0 Å². The van der Waals surface area contributed by atoms with Crippen LogP contribution in [0.15, 0.2) is 0 Å². The van der Waals surface area contributed by atoms with Crippen LogP contribution in [0, 0.1) is 5.92 Å². The highest BCUT2D eigenvalue weighted by Gasteiger charge is 2.12. The summed E-state index contributed by atoms with van der Waals surface area (Å²) >= 11 is 0. The third-order valence-corrected chi connectivity index (χ3v) is 3.02. The quantitative estimate of drug-likeness (QED) is 0.457. The minimum Gasteiger partial charge on any atom is -0.596 e. The predicted molar refractivity (Wildman–Crippen MR) is 50.4 cm³/mol. The van der Waals surface area contributed by atoms with Crippen LogP contribution in [-0.4, -0.2) is 6.16 Å². The van der Waals surface area contributed by atoms with E-state index in [9.17, 15) is 9.46 Å². The highest BCUT2D eigenvalue weighted by Crippen LogP contribution is 2.21. The zero-order valence-electron chi connectivity index (χ0n) is 8.08. The molecule has 0 aromatic rings. The molecule has 0 saturated carbocycles.